The summed E-state index contributed by atoms with van der Waals surface area (Å²) in [6.45, 7) is 0.227. The molecule has 0 spiro atoms. The zero-order valence-corrected chi connectivity index (χ0v) is 12.4. The largest absolute Gasteiger partial charge is 0.396 e. The van der Waals surface area contributed by atoms with Crippen molar-refractivity contribution in [1.82, 2.24) is 14.9 Å². The normalized spacial score (nSPS) is 27.3. The van der Waals surface area contributed by atoms with Gasteiger partial charge in [0.2, 0.25) is 0 Å². The second-order valence-electron chi connectivity index (χ2n) is 6.36. The average Bonchev–Trinajstić information content (AvgIpc) is 2.83. The van der Waals surface area contributed by atoms with E-state index < -0.39 is 0 Å². The average molecular weight is 297 g/mol. The highest BCUT2D eigenvalue weighted by molar-refractivity contribution is 5.94. The summed E-state index contributed by atoms with van der Waals surface area (Å²) in [6.07, 6.45) is 5.46. The highest BCUT2D eigenvalue weighted by Crippen LogP contribution is 2.39. The number of benzene rings is 1. The summed E-state index contributed by atoms with van der Waals surface area (Å²) in [6, 6.07) is 8.09. The summed E-state index contributed by atoms with van der Waals surface area (Å²) >= 11 is 0. The van der Waals surface area contributed by atoms with E-state index in [1.54, 1.807) is 6.20 Å². The van der Waals surface area contributed by atoms with Crippen molar-refractivity contribution in [3.8, 4) is 0 Å². The monoisotopic (exact) mass is 297 g/mol. The first kappa shape index (κ1) is 13.6. The van der Waals surface area contributed by atoms with E-state index in [-0.39, 0.29) is 24.6 Å². The smallest absolute Gasteiger partial charge is 0.274 e. The first-order valence-corrected chi connectivity index (χ1v) is 7.91. The summed E-state index contributed by atoms with van der Waals surface area (Å²) in [4.78, 5) is 23.7. The lowest BCUT2D eigenvalue weighted by Gasteiger charge is -2.38. The zero-order valence-electron chi connectivity index (χ0n) is 12.4. The van der Waals surface area contributed by atoms with E-state index in [1.165, 1.54) is 0 Å². The topological polar surface area (TPSA) is 66.3 Å². The van der Waals surface area contributed by atoms with Gasteiger partial charge in [-0.25, -0.2) is 4.98 Å². The molecule has 1 aromatic carbocycles. The Bertz CT molecular complexity index is 704. The van der Waals surface area contributed by atoms with Crippen molar-refractivity contribution < 1.29 is 9.90 Å². The minimum absolute atomic E-state index is 0.0119. The van der Waals surface area contributed by atoms with Crippen LogP contribution in [0.1, 0.15) is 36.2 Å². The summed E-state index contributed by atoms with van der Waals surface area (Å²) in [5.41, 5.74) is 1.99. The fourth-order valence-electron chi connectivity index (χ4n) is 3.96. The molecular formula is C17H19N3O2. The van der Waals surface area contributed by atoms with Crippen LogP contribution in [-0.2, 0) is 0 Å². The van der Waals surface area contributed by atoms with Gasteiger partial charge in [0.1, 0.15) is 5.69 Å². The molecule has 0 aliphatic carbocycles. The molecule has 22 heavy (non-hydrogen) atoms. The Morgan fingerprint density at radius 1 is 1.18 bits per heavy atom. The number of fused-ring (bicyclic) bond motifs is 3. The van der Waals surface area contributed by atoms with Crippen molar-refractivity contribution in [2.45, 2.75) is 37.8 Å². The van der Waals surface area contributed by atoms with Crippen molar-refractivity contribution in [3.63, 3.8) is 0 Å². The van der Waals surface area contributed by atoms with Gasteiger partial charge in [0.15, 0.2) is 0 Å². The number of piperidine rings is 1. The highest BCUT2D eigenvalue weighted by Gasteiger charge is 2.43. The molecule has 3 heterocycles. The van der Waals surface area contributed by atoms with Gasteiger partial charge in [0.05, 0.1) is 17.2 Å². The number of aliphatic hydroxyl groups excluding tert-OH is 1. The molecule has 3 atom stereocenters. The molecular weight excluding hydrogens is 278 g/mol. The summed E-state index contributed by atoms with van der Waals surface area (Å²) in [5.74, 6) is 0.325. The summed E-state index contributed by atoms with van der Waals surface area (Å²) in [7, 11) is 0. The molecule has 1 amide bonds. The van der Waals surface area contributed by atoms with Crippen LogP contribution in [0, 0.1) is 5.92 Å². The van der Waals surface area contributed by atoms with E-state index in [4.69, 9.17) is 0 Å². The SMILES string of the molecule is O=C(c1cnc2ccccc2n1)N1[C@@H]2CC[C@H]1CC(CO)C2. The van der Waals surface area contributed by atoms with Crippen molar-refractivity contribution in [2.75, 3.05) is 6.61 Å². The molecule has 2 saturated heterocycles. The Hall–Kier alpha value is -2.01. The molecule has 1 N–H and O–H groups in total. The number of nitrogens with zero attached hydrogens (tertiary/aromatic N) is 3. The van der Waals surface area contributed by atoms with Crippen LogP contribution in [0.2, 0.25) is 0 Å². The molecule has 2 aromatic rings. The van der Waals surface area contributed by atoms with Gasteiger partial charge in [0, 0.05) is 18.7 Å². The molecule has 5 heteroatoms. The number of aromatic nitrogens is 2. The van der Waals surface area contributed by atoms with Gasteiger partial charge in [-0.1, -0.05) is 12.1 Å². The van der Waals surface area contributed by atoms with E-state index in [2.05, 4.69) is 9.97 Å². The minimum Gasteiger partial charge on any atom is -0.396 e. The van der Waals surface area contributed by atoms with Crippen LogP contribution in [0.25, 0.3) is 11.0 Å². The lowest BCUT2D eigenvalue weighted by Crippen LogP contribution is -2.47. The molecule has 4 rings (SSSR count). The number of rotatable bonds is 2. The zero-order chi connectivity index (χ0) is 15.1. The van der Waals surface area contributed by atoms with E-state index in [0.717, 1.165) is 36.7 Å². The van der Waals surface area contributed by atoms with Gasteiger partial charge in [-0.05, 0) is 43.7 Å². The van der Waals surface area contributed by atoms with Crippen LogP contribution in [0.15, 0.2) is 30.5 Å². The molecule has 114 valence electrons. The molecule has 2 fully saturated rings. The fourth-order valence-corrected chi connectivity index (χ4v) is 3.96. The van der Waals surface area contributed by atoms with Crippen molar-refractivity contribution in [3.05, 3.63) is 36.2 Å². The molecule has 0 saturated carbocycles. The number of aliphatic hydroxyl groups is 1. The maximum Gasteiger partial charge on any atom is 0.274 e. The predicted molar refractivity (Wildman–Crippen MR) is 82.3 cm³/mol. The molecule has 0 radical (unpaired) electrons. The molecule has 5 nitrogen and oxygen atoms in total. The number of amides is 1. The quantitative estimate of drug-likeness (QED) is 0.921. The molecule has 2 aliphatic rings. The van der Waals surface area contributed by atoms with Crippen molar-refractivity contribution in [1.29, 1.82) is 0 Å². The second-order valence-corrected chi connectivity index (χ2v) is 6.36. The standard InChI is InChI=1S/C17H19N3O2/c21-10-11-7-12-5-6-13(8-11)20(12)17(22)16-9-18-14-3-1-2-4-15(14)19-16/h1-4,9,11-13,21H,5-8,10H2/t11?,12-,13+. The van der Waals surface area contributed by atoms with Crippen LogP contribution in [-0.4, -0.2) is 44.6 Å². The Balaban J connectivity index is 1.63. The maximum absolute atomic E-state index is 12.9. The van der Waals surface area contributed by atoms with Crippen LogP contribution >= 0.6 is 0 Å². The number of carbonyl (C=O) groups is 1. The third-order valence-corrected chi connectivity index (χ3v) is 4.99. The van der Waals surface area contributed by atoms with Crippen LogP contribution < -0.4 is 0 Å². The van der Waals surface area contributed by atoms with Crippen molar-refractivity contribution >= 4 is 16.9 Å². The third-order valence-electron chi connectivity index (χ3n) is 4.99. The molecule has 2 bridgehead atoms. The van der Waals surface area contributed by atoms with Gasteiger partial charge in [-0.2, -0.15) is 0 Å². The van der Waals surface area contributed by atoms with Gasteiger partial charge >= 0.3 is 0 Å². The van der Waals surface area contributed by atoms with E-state index >= 15 is 0 Å². The Labute approximate surface area is 129 Å². The number of carbonyl (C=O) groups excluding carboxylic acids is 1. The first-order chi connectivity index (χ1) is 10.8. The molecule has 1 unspecified atom stereocenters. The van der Waals surface area contributed by atoms with E-state index in [0.29, 0.717) is 11.6 Å². The van der Waals surface area contributed by atoms with Crippen LogP contribution in [0.3, 0.4) is 0 Å². The summed E-state index contributed by atoms with van der Waals surface area (Å²) < 4.78 is 0. The number of hydrogen-bond donors (Lipinski definition) is 1. The second kappa shape index (κ2) is 5.32. The van der Waals surface area contributed by atoms with Gasteiger partial charge in [0.25, 0.3) is 5.91 Å². The van der Waals surface area contributed by atoms with Crippen LogP contribution in [0.4, 0.5) is 0 Å². The maximum atomic E-state index is 12.9. The summed E-state index contributed by atoms with van der Waals surface area (Å²) in [5, 5.41) is 9.39. The fraction of sp³-hybridized carbons (Fsp3) is 0.471. The lowest BCUT2D eigenvalue weighted by molar-refractivity contribution is 0.0447. The molecule has 1 aromatic heterocycles. The van der Waals surface area contributed by atoms with Crippen LogP contribution in [0.5, 0.6) is 0 Å². The van der Waals surface area contributed by atoms with E-state index in [9.17, 15) is 9.90 Å². The molecule has 2 aliphatic heterocycles. The lowest BCUT2D eigenvalue weighted by atomic mass is 9.91. The van der Waals surface area contributed by atoms with Crippen molar-refractivity contribution in [2.24, 2.45) is 5.92 Å². The Morgan fingerprint density at radius 3 is 2.55 bits per heavy atom. The Kier molecular flexibility index (Phi) is 3.30. The number of hydrogen-bond acceptors (Lipinski definition) is 4. The number of para-hydroxylation sites is 2. The third kappa shape index (κ3) is 2.16. The first-order valence-electron chi connectivity index (χ1n) is 7.91. The van der Waals surface area contributed by atoms with E-state index in [1.807, 2.05) is 29.2 Å². The van der Waals surface area contributed by atoms with Gasteiger partial charge < -0.3 is 10.0 Å². The van der Waals surface area contributed by atoms with Gasteiger partial charge in [-0.3, -0.25) is 9.78 Å². The highest BCUT2D eigenvalue weighted by atomic mass is 16.3. The minimum atomic E-state index is -0.0119. The predicted octanol–water partition coefficient (Wildman–Crippen LogP) is 2.01. The Morgan fingerprint density at radius 2 is 1.86 bits per heavy atom. The van der Waals surface area contributed by atoms with Gasteiger partial charge in [-0.15, -0.1) is 0 Å².